The minimum Gasteiger partial charge on any atom is -0.394 e. The molecule has 3 N–H and O–H groups in total. The van der Waals surface area contributed by atoms with Crippen molar-refractivity contribution in [2.75, 3.05) is 13.2 Å². The third-order valence-electron chi connectivity index (χ3n) is 1.52. The van der Waals surface area contributed by atoms with Crippen LogP contribution in [0.15, 0.2) is 0 Å². The standard InChI is InChI=1S/C6H11O5/c7-1-4(8)6(9)5-2-10-3-11-5/h3-9H,1-2H2. The minimum absolute atomic E-state index is 0.207. The van der Waals surface area contributed by atoms with Gasteiger partial charge in [0.1, 0.15) is 18.3 Å². The van der Waals surface area contributed by atoms with E-state index in [9.17, 15) is 5.11 Å². The maximum absolute atomic E-state index is 9.18. The highest BCUT2D eigenvalue weighted by Crippen LogP contribution is 2.12. The van der Waals surface area contributed by atoms with Crippen LogP contribution in [0.25, 0.3) is 0 Å². The molecule has 3 unspecified atom stereocenters. The van der Waals surface area contributed by atoms with Gasteiger partial charge in [-0.2, -0.15) is 0 Å². The van der Waals surface area contributed by atoms with Crippen molar-refractivity contribution in [2.45, 2.75) is 18.3 Å². The van der Waals surface area contributed by atoms with Crippen molar-refractivity contribution < 1.29 is 24.8 Å². The highest BCUT2D eigenvalue weighted by molar-refractivity contribution is 4.78. The summed E-state index contributed by atoms with van der Waals surface area (Å²) in [6.07, 6.45) is -2.84. The second kappa shape index (κ2) is 3.99. The van der Waals surface area contributed by atoms with E-state index in [0.717, 1.165) is 6.79 Å². The second-order valence-corrected chi connectivity index (χ2v) is 2.34. The molecular weight excluding hydrogens is 152 g/mol. The molecule has 11 heavy (non-hydrogen) atoms. The first-order valence-corrected chi connectivity index (χ1v) is 3.31. The van der Waals surface area contributed by atoms with E-state index >= 15 is 0 Å². The normalized spacial score (nSPS) is 30.3. The summed E-state index contributed by atoms with van der Waals surface area (Å²) in [7, 11) is 0. The van der Waals surface area contributed by atoms with Gasteiger partial charge in [-0.15, -0.1) is 0 Å². The van der Waals surface area contributed by atoms with Crippen molar-refractivity contribution in [1.82, 2.24) is 0 Å². The van der Waals surface area contributed by atoms with E-state index in [1.165, 1.54) is 0 Å². The highest BCUT2D eigenvalue weighted by Gasteiger charge is 2.30. The molecule has 5 heteroatoms. The lowest BCUT2D eigenvalue weighted by molar-refractivity contribution is -0.0716. The van der Waals surface area contributed by atoms with Crippen molar-refractivity contribution in [3.63, 3.8) is 0 Å². The number of hydrogen-bond donors (Lipinski definition) is 3. The molecule has 0 bridgehead atoms. The first-order chi connectivity index (χ1) is 5.25. The maximum Gasteiger partial charge on any atom is 0.209 e. The van der Waals surface area contributed by atoms with Crippen molar-refractivity contribution >= 4 is 0 Å². The topological polar surface area (TPSA) is 79.2 Å². The van der Waals surface area contributed by atoms with Crippen LogP contribution in [0.1, 0.15) is 0 Å². The predicted molar refractivity (Wildman–Crippen MR) is 34.2 cm³/mol. The number of rotatable bonds is 3. The Morgan fingerprint density at radius 2 is 2.27 bits per heavy atom. The van der Waals surface area contributed by atoms with Gasteiger partial charge in [0.15, 0.2) is 0 Å². The summed E-state index contributed by atoms with van der Waals surface area (Å²) in [6, 6.07) is 0. The molecule has 5 nitrogen and oxygen atoms in total. The van der Waals surface area contributed by atoms with Gasteiger partial charge < -0.3 is 24.8 Å². The fourth-order valence-electron chi connectivity index (χ4n) is 0.819. The lowest BCUT2D eigenvalue weighted by Gasteiger charge is -2.19. The molecule has 1 fully saturated rings. The molecule has 0 aliphatic carbocycles. The molecule has 0 saturated carbocycles. The quantitative estimate of drug-likeness (QED) is 0.459. The molecule has 1 saturated heterocycles. The van der Waals surface area contributed by atoms with Crippen molar-refractivity contribution in [1.29, 1.82) is 0 Å². The fourth-order valence-corrected chi connectivity index (χ4v) is 0.819. The fraction of sp³-hybridized carbons (Fsp3) is 0.833. The zero-order valence-corrected chi connectivity index (χ0v) is 5.88. The van der Waals surface area contributed by atoms with Gasteiger partial charge in [0.2, 0.25) is 6.79 Å². The Kier molecular flexibility index (Phi) is 3.22. The van der Waals surface area contributed by atoms with Gasteiger partial charge >= 0.3 is 0 Å². The molecule has 1 aliphatic heterocycles. The van der Waals surface area contributed by atoms with Crippen LogP contribution >= 0.6 is 0 Å². The molecule has 1 heterocycles. The zero-order valence-electron chi connectivity index (χ0n) is 5.88. The molecular formula is C6H11O5. The van der Waals surface area contributed by atoms with E-state index in [1.807, 2.05) is 0 Å². The first-order valence-electron chi connectivity index (χ1n) is 3.31. The molecule has 0 spiro atoms. The van der Waals surface area contributed by atoms with E-state index in [4.69, 9.17) is 14.9 Å². The molecule has 1 rings (SSSR count). The van der Waals surface area contributed by atoms with E-state index < -0.39 is 24.9 Å². The Bertz CT molecular complexity index is 112. The lowest BCUT2D eigenvalue weighted by atomic mass is 10.1. The van der Waals surface area contributed by atoms with Crippen LogP contribution in [0.5, 0.6) is 0 Å². The predicted octanol–water partition coefficient (Wildman–Crippen LogP) is -1.76. The van der Waals surface area contributed by atoms with Gasteiger partial charge in [0, 0.05) is 0 Å². The Morgan fingerprint density at radius 1 is 1.55 bits per heavy atom. The van der Waals surface area contributed by atoms with Crippen LogP contribution < -0.4 is 0 Å². The third-order valence-corrected chi connectivity index (χ3v) is 1.52. The average molecular weight is 163 g/mol. The molecule has 0 amide bonds. The van der Waals surface area contributed by atoms with Gasteiger partial charge in [-0.25, -0.2) is 0 Å². The summed E-state index contributed by atoms with van der Waals surface area (Å²) in [5.74, 6) is 0. The monoisotopic (exact) mass is 163 g/mol. The maximum atomic E-state index is 9.18. The highest BCUT2D eigenvalue weighted by atomic mass is 16.7. The van der Waals surface area contributed by atoms with E-state index in [-0.39, 0.29) is 6.61 Å². The van der Waals surface area contributed by atoms with Crippen LogP contribution in [0.2, 0.25) is 0 Å². The van der Waals surface area contributed by atoms with E-state index in [1.54, 1.807) is 0 Å². The van der Waals surface area contributed by atoms with Crippen molar-refractivity contribution in [3.8, 4) is 0 Å². The van der Waals surface area contributed by atoms with Gasteiger partial charge in [-0.1, -0.05) is 0 Å². The summed E-state index contributed by atoms with van der Waals surface area (Å²) < 4.78 is 9.44. The lowest BCUT2D eigenvalue weighted by Crippen LogP contribution is -2.40. The van der Waals surface area contributed by atoms with Gasteiger partial charge in [0.25, 0.3) is 0 Å². The van der Waals surface area contributed by atoms with E-state index in [0.29, 0.717) is 0 Å². The molecule has 1 aliphatic rings. The Labute approximate surface area is 64.2 Å². The Hall–Kier alpha value is -0.200. The van der Waals surface area contributed by atoms with Crippen molar-refractivity contribution in [3.05, 3.63) is 6.79 Å². The van der Waals surface area contributed by atoms with Crippen LogP contribution in [0.4, 0.5) is 0 Å². The van der Waals surface area contributed by atoms with E-state index in [2.05, 4.69) is 4.74 Å². The molecule has 0 aromatic heterocycles. The number of ether oxygens (including phenoxy) is 2. The first kappa shape index (κ1) is 8.89. The molecule has 0 aromatic carbocycles. The summed E-state index contributed by atoms with van der Waals surface area (Å²) in [4.78, 5) is 0. The van der Waals surface area contributed by atoms with Crippen LogP contribution in [-0.4, -0.2) is 46.8 Å². The average Bonchev–Trinajstić information content (AvgIpc) is 2.53. The molecule has 3 atom stereocenters. The number of aliphatic hydroxyl groups is 3. The van der Waals surface area contributed by atoms with Crippen LogP contribution in [0.3, 0.4) is 0 Å². The molecule has 65 valence electrons. The van der Waals surface area contributed by atoms with Gasteiger partial charge in [0.05, 0.1) is 13.2 Å². The molecule has 0 aromatic rings. The minimum atomic E-state index is -1.17. The summed E-state index contributed by atoms with van der Waals surface area (Å²) in [6.45, 7) is 0.831. The molecule has 1 radical (unpaired) electrons. The Morgan fingerprint density at radius 3 is 2.73 bits per heavy atom. The van der Waals surface area contributed by atoms with Gasteiger partial charge in [-0.05, 0) is 0 Å². The van der Waals surface area contributed by atoms with Gasteiger partial charge in [-0.3, -0.25) is 0 Å². The Balaban J connectivity index is 2.32. The SMILES string of the molecule is OCC(O)C(O)C1CO[CH]O1. The summed E-state index contributed by atoms with van der Waals surface area (Å²) in [5.41, 5.74) is 0. The van der Waals surface area contributed by atoms with Crippen LogP contribution in [0, 0.1) is 6.79 Å². The largest absolute Gasteiger partial charge is 0.394 e. The second-order valence-electron chi connectivity index (χ2n) is 2.34. The summed E-state index contributed by atoms with van der Waals surface area (Å²) in [5, 5.41) is 26.6. The zero-order chi connectivity index (χ0) is 8.27. The van der Waals surface area contributed by atoms with Crippen LogP contribution in [-0.2, 0) is 9.47 Å². The third kappa shape index (κ3) is 2.11. The smallest absolute Gasteiger partial charge is 0.209 e. The number of hydrogen-bond acceptors (Lipinski definition) is 5. The van der Waals surface area contributed by atoms with Crippen molar-refractivity contribution in [2.24, 2.45) is 0 Å². The number of aliphatic hydroxyl groups excluding tert-OH is 3. The summed E-state index contributed by atoms with van der Waals surface area (Å²) >= 11 is 0.